The third kappa shape index (κ3) is 5.61. The van der Waals surface area contributed by atoms with Crippen LogP contribution in [-0.4, -0.2) is 32.1 Å². The molecule has 1 aromatic heterocycles. The lowest BCUT2D eigenvalue weighted by Crippen LogP contribution is -2.44. The van der Waals surface area contributed by atoms with Crippen LogP contribution in [0.15, 0.2) is 69.6 Å². The van der Waals surface area contributed by atoms with Gasteiger partial charge in [0, 0.05) is 29.3 Å². The topological polar surface area (TPSA) is 63.9 Å². The van der Waals surface area contributed by atoms with E-state index in [2.05, 4.69) is 38.3 Å². The van der Waals surface area contributed by atoms with E-state index in [1.807, 2.05) is 36.4 Å². The number of benzene rings is 2. The summed E-state index contributed by atoms with van der Waals surface area (Å²) in [6, 6.07) is 19.3. The molecule has 162 valence electrons. The Bertz CT molecular complexity index is 1010. The van der Waals surface area contributed by atoms with Crippen LogP contribution in [0.25, 0.3) is 0 Å². The normalized spacial score (nSPS) is 14.3. The number of nitrogens with one attached hydrogen (secondary N) is 1. The molecular weight excluding hydrogens is 460 g/mol. The highest BCUT2D eigenvalue weighted by molar-refractivity contribution is 9.10. The number of anilines is 1. The Labute approximate surface area is 190 Å². The molecule has 4 rings (SSSR count). The SMILES string of the molecule is COc1ccc(N2CCC(NC(=O)c3ccc(COc4cccc(Br)c4)o3)CC2)cc1. The summed E-state index contributed by atoms with van der Waals surface area (Å²) in [5, 5.41) is 3.09. The summed E-state index contributed by atoms with van der Waals surface area (Å²) < 4.78 is 17.6. The Balaban J connectivity index is 1.25. The number of rotatable bonds is 7. The Morgan fingerprint density at radius 3 is 2.58 bits per heavy atom. The Hall–Kier alpha value is -2.93. The fraction of sp³-hybridized carbons (Fsp3) is 0.292. The summed E-state index contributed by atoms with van der Waals surface area (Å²) in [5.41, 5.74) is 1.17. The van der Waals surface area contributed by atoms with E-state index in [-0.39, 0.29) is 18.6 Å². The quantitative estimate of drug-likeness (QED) is 0.509. The summed E-state index contributed by atoms with van der Waals surface area (Å²) in [7, 11) is 1.67. The van der Waals surface area contributed by atoms with Gasteiger partial charge in [0.25, 0.3) is 5.91 Å². The van der Waals surface area contributed by atoms with Gasteiger partial charge in [0.05, 0.1) is 7.11 Å². The molecular formula is C24H25BrN2O4. The summed E-state index contributed by atoms with van der Waals surface area (Å²) >= 11 is 3.42. The zero-order valence-corrected chi connectivity index (χ0v) is 18.9. The van der Waals surface area contributed by atoms with Crippen molar-refractivity contribution in [3.05, 3.63) is 76.7 Å². The van der Waals surface area contributed by atoms with Crippen LogP contribution in [-0.2, 0) is 6.61 Å². The van der Waals surface area contributed by atoms with E-state index in [1.165, 1.54) is 5.69 Å². The standard InChI is InChI=1S/C24H25BrN2O4/c1-29-20-7-5-19(6-8-20)27-13-11-18(12-14-27)26-24(28)23-10-9-22(31-23)16-30-21-4-2-3-17(25)15-21/h2-10,15,18H,11-14,16H2,1H3,(H,26,28). The smallest absolute Gasteiger partial charge is 0.287 e. The molecule has 1 N–H and O–H groups in total. The fourth-order valence-corrected chi connectivity index (χ4v) is 4.00. The maximum atomic E-state index is 12.6. The molecule has 1 aliphatic heterocycles. The third-order valence-electron chi connectivity index (χ3n) is 5.33. The van der Waals surface area contributed by atoms with E-state index in [4.69, 9.17) is 13.9 Å². The monoisotopic (exact) mass is 484 g/mol. The van der Waals surface area contributed by atoms with Crippen molar-refractivity contribution in [2.45, 2.75) is 25.5 Å². The van der Waals surface area contributed by atoms with Crippen LogP contribution in [0.1, 0.15) is 29.2 Å². The number of carbonyl (C=O) groups is 1. The number of piperidine rings is 1. The van der Waals surface area contributed by atoms with Crippen LogP contribution in [0.2, 0.25) is 0 Å². The Kier molecular flexibility index (Phi) is 6.82. The minimum Gasteiger partial charge on any atom is -0.497 e. The van der Waals surface area contributed by atoms with Gasteiger partial charge < -0.3 is 24.1 Å². The molecule has 0 radical (unpaired) electrons. The molecule has 2 aromatic carbocycles. The van der Waals surface area contributed by atoms with Gasteiger partial charge in [-0.15, -0.1) is 0 Å². The van der Waals surface area contributed by atoms with Gasteiger partial charge in [-0.05, 0) is 67.4 Å². The second-order valence-corrected chi connectivity index (χ2v) is 8.36. The predicted molar refractivity (Wildman–Crippen MR) is 123 cm³/mol. The van der Waals surface area contributed by atoms with Gasteiger partial charge >= 0.3 is 0 Å². The molecule has 0 aliphatic carbocycles. The first-order chi connectivity index (χ1) is 15.1. The second kappa shape index (κ2) is 9.92. The zero-order valence-electron chi connectivity index (χ0n) is 17.3. The van der Waals surface area contributed by atoms with Gasteiger partial charge in [0.1, 0.15) is 23.9 Å². The number of amides is 1. The van der Waals surface area contributed by atoms with Gasteiger partial charge in [0.15, 0.2) is 5.76 Å². The third-order valence-corrected chi connectivity index (χ3v) is 5.82. The largest absolute Gasteiger partial charge is 0.497 e. The van der Waals surface area contributed by atoms with Crippen molar-refractivity contribution < 1.29 is 18.7 Å². The van der Waals surface area contributed by atoms with Crippen molar-refractivity contribution >= 4 is 27.5 Å². The molecule has 3 aromatic rings. The number of carbonyl (C=O) groups excluding carboxylic acids is 1. The molecule has 31 heavy (non-hydrogen) atoms. The van der Waals surface area contributed by atoms with E-state index < -0.39 is 0 Å². The van der Waals surface area contributed by atoms with Gasteiger partial charge in [-0.2, -0.15) is 0 Å². The minimum atomic E-state index is -0.184. The average molecular weight is 485 g/mol. The molecule has 0 atom stereocenters. The molecule has 2 heterocycles. The molecule has 7 heteroatoms. The van der Waals surface area contributed by atoms with Crippen molar-refractivity contribution in [2.75, 3.05) is 25.1 Å². The van der Waals surface area contributed by atoms with Crippen LogP contribution < -0.4 is 19.7 Å². The fourth-order valence-electron chi connectivity index (χ4n) is 3.62. The lowest BCUT2D eigenvalue weighted by Gasteiger charge is -2.33. The average Bonchev–Trinajstić information content (AvgIpc) is 3.28. The predicted octanol–water partition coefficient (Wildman–Crippen LogP) is 5.03. The van der Waals surface area contributed by atoms with E-state index in [9.17, 15) is 4.79 Å². The summed E-state index contributed by atoms with van der Waals surface area (Å²) in [5.74, 6) is 2.33. The Morgan fingerprint density at radius 1 is 1.10 bits per heavy atom. The molecule has 1 aliphatic rings. The van der Waals surface area contributed by atoms with E-state index in [0.717, 1.165) is 41.9 Å². The van der Waals surface area contributed by atoms with Gasteiger partial charge in [-0.3, -0.25) is 4.79 Å². The summed E-state index contributed by atoms with van der Waals surface area (Å²) in [6.07, 6.45) is 1.77. The molecule has 0 bridgehead atoms. The highest BCUT2D eigenvalue weighted by atomic mass is 79.9. The van der Waals surface area contributed by atoms with Crippen molar-refractivity contribution in [2.24, 2.45) is 0 Å². The van der Waals surface area contributed by atoms with E-state index in [0.29, 0.717) is 11.5 Å². The van der Waals surface area contributed by atoms with Crippen LogP contribution in [0.3, 0.4) is 0 Å². The van der Waals surface area contributed by atoms with Crippen LogP contribution in [0.5, 0.6) is 11.5 Å². The molecule has 1 fully saturated rings. The van der Waals surface area contributed by atoms with Gasteiger partial charge in [0.2, 0.25) is 0 Å². The number of hydrogen-bond acceptors (Lipinski definition) is 5. The van der Waals surface area contributed by atoms with E-state index in [1.54, 1.807) is 19.2 Å². The first-order valence-electron chi connectivity index (χ1n) is 10.3. The number of furan rings is 1. The molecule has 0 unspecified atom stereocenters. The molecule has 1 amide bonds. The summed E-state index contributed by atoms with van der Waals surface area (Å²) in [4.78, 5) is 14.9. The minimum absolute atomic E-state index is 0.133. The van der Waals surface area contributed by atoms with Crippen molar-refractivity contribution in [1.29, 1.82) is 0 Å². The van der Waals surface area contributed by atoms with Gasteiger partial charge in [-0.25, -0.2) is 0 Å². The molecule has 6 nitrogen and oxygen atoms in total. The van der Waals surface area contributed by atoms with Crippen LogP contribution >= 0.6 is 15.9 Å². The number of methoxy groups -OCH3 is 1. The number of nitrogens with zero attached hydrogens (tertiary/aromatic N) is 1. The second-order valence-electron chi connectivity index (χ2n) is 7.44. The van der Waals surface area contributed by atoms with Crippen molar-refractivity contribution in [3.63, 3.8) is 0 Å². The molecule has 1 saturated heterocycles. The van der Waals surface area contributed by atoms with Crippen LogP contribution in [0, 0.1) is 0 Å². The lowest BCUT2D eigenvalue weighted by atomic mass is 10.0. The molecule has 0 saturated carbocycles. The van der Waals surface area contributed by atoms with Gasteiger partial charge in [-0.1, -0.05) is 22.0 Å². The lowest BCUT2D eigenvalue weighted by molar-refractivity contribution is 0.0899. The highest BCUT2D eigenvalue weighted by Gasteiger charge is 2.22. The van der Waals surface area contributed by atoms with Crippen molar-refractivity contribution in [3.8, 4) is 11.5 Å². The maximum Gasteiger partial charge on any atom is 0.287 e. The number of halogens is 1. The Morgan fingerprint density at radius 2 is 1.87 bits per heavy atom. The zero-order chi connectivity index (χ0) is 21.6. The van der Waals surface area contributed by atoms with Crippen LogP contribution in [0.4, 0.5) is 5.69 Å². The first kappa shape index (κ1) is 21.3. The first-order valence-corrected chi connectivity index (χ1v) is 11.1. The summed E-state index contributed by atoms with van der Waals surface area (Å²) in [6.45, 7) is 2.05. The number of hydrogen-bond donors (Lipinski definition) is 1. The van der Waals surface area contributed by atoms with E-state index >= 15 is 0 Å². The number of ether oxygens (including phenoxy) is 2. The molecule has 0 spiro atoms. The highest BCUT2D eigenvalue weighted by Crippen LogP contribution is 2.23. The van der Waals surface area contributed by atoms with Crippen molar-refractivity contribution in [1.82, 2.24) is 5.32 Å². The maximum absolute atomic E-state index is 12.6.